The number of halogens is 1. The van der Waals surface area contributed by atoms with Crippen molar-refractivity contribution < 1.29 is 13.9 Å². The number of hydrogen-bond acceptors (Lipinski definition) is 2. The van der Waals surface area contributed by atoms with Gasteiger partial charge in [-0.2, -0.15) is 0 Å². The van der Waals surface area contributed by atoms with Crippen LogP contribution in [-0.2, 0) is 16.0 Å². The number of ketones is 1. The van der Waals surface area contributed by atoms with E-state index in [0.29, 0.717) is 6.42 Å². The van der Waals surface area contributed by atoms with Gasteiger partial charge in [-0.05, 0) is 36.6 Å². The Kier molecular flexibility index (Phi) is 4.62. The lowest BCUT2D eigenvalue weighted by molar-refractivity contribution is -0.128. The summed E-state index contributed by atoms with van der Waals surface area (Å²) in [5.74, 6) is -0.308. The molecule has 88 valence electrons. The van der Waals surface area contributed by atoms with Crippen molar-refractivity contribution in [3.05, 3.63) is 35.1 Å². The fourth-order valence-electron chi connectivity index (χ4n) is 1.66. The Labute approximate surface area is 95.4 Å². The van der Waals surface area contributed by atoms with Crippen LogP contribution in [0.2, 0.25) is 0 Å². The number of benzene rings is 1. The molecule has 0 spiro atoms. The van der Waals surface area contributed by atoms with Crippen molar-refractivity contribution >= 4 is 5.78 Å². The van der Waals surface area contributed by atoms with Gasteiger partial charge in [0.2, 0.25) is 0 Å². The van der Waals surface area contributed by atoms with Crippen molar-refractivity contribution in [2.45, 2.75) is 32.8 Å². The molecule has 1 unspecified atom stereocenters. The van der Waals surface area contributed by atoms with E-state index in [1.807, 2.05) is 13.8 Å². The predicted molar refractivity (Wildman–Crippen MR) is 60.9 cm³/mol. The summed E-state index contributed by atoms with van der Waals surface area (Å²) in [4.78, 5) is 11.8. The van der Waals surface area contributed by atoms with Crippen molar-refractivity contribution in [1.82, 2.24) is 0 Å². The molecule has 0 aliphatic rings. The minimum absolute atomic E-state index is 0.00120. The molecular formula is C13H17FO2. The quantitative estimate of drug-likeness (QED) is 0.768. The molecule has 0 saturated carbocycles. The van der Waals surface area contributed by atoms with E-state index in [0.717, 1.165) is 11.1 Å². The van der Waals surface area contributed by atoms with Crippen LogP contribution >= 0.6 is 0 Å². The third kappa shape index (κ3) is 3.14. The summed E-state index contributed by atoms with van der Waals surface area (Å²) in [6, 6.07) is 4.50. The zero-order chi connectivity index (χ0) is 12.1. The van der Waals surface area contributed by atoms with Crippen LogP contribution < -0.4 is 0 Å². The fourth-order valence-corrected chi connectivity index (χ4v) is 1.66. The summed E-state index contributed by atoms with van der Waals surface area (Å²) in [5, 5.41) is 0. The van der Waals surface area contributed by atoms with Crippen molar-refractivity contribution in [3.63, 3.8) is 0 Å². The molecule has 0 fully saturated rings. The predicted octanol–water partition coefficient (Wildman–Crippen LogP) is 2.67. The van der Waals surface area contributed by atoms with E-state index in [9.17, 15) is 9.18 Å². The molecule has 0 amide bonds. The summed E-state index contributed by atoms with van der Waals surface area (Å²) in [6.07, 6.45) is 0.488. The van der Waals surface area contributed by atoms with Gasteiger partial charge in [0.1, 0.15) is 11.9 Å². The number of ether oxygens (including phenoxy) is 1. The molecule has 16 heavy (non-hydrogen) atoms. The van der Waals surface area contributed by atoms with E-state index in [1.165, 1.54) is 19.2 Å². The van der Waals surface area contributed by atoms with Crippen molar-refractivity contribution in [1.29, 1.82) is 0 Å². The van der Waals surface area contributed by atoms with Crippen molar-refractivity contribution in [2.24, 2.45) is 0 Å². The Balaban J connectivity index is 2.80. The molecule has 2 nitrogen and oxygen atoms in total. The number of aryl methyl sites for hydroxylation is 1. The van der Waals surface area contributed by atoms with Gasteiger partial charge >= 0.3 is 0 Å². The molecule has 0 aromatic heterocycles. The third-order valence-electron chi connectivity index (χ3n) is 2.69. The fraction of sp³-hybridized carbons (Fsp3) is 0.462. The Morgan fingerprint density at radius 3 is 2.75 bits per heavy atom. The minimum atomic E-state index is -0.386. The molecule has 1 aromatic carbocycles. The second kappa shape index (κ2) is 5.75. The summed E-state index contributed by atoms with van der Waals surface area (Å²) < 4.78 is 18.1. The molecule has 0 heterocycles. The third-order valence-corrected chi connectivity index (χ3v) is 2.69. The molecule has 1 atom stereocenters. The monoisotopic (exact) mass is 224 g/mol. The number of carbonyl (C=O) groups excluding carboxylic acids is 1. The minimum Gasteiger partial charge on any atom is -0.374 e. The zero-order valence-corrected chi connectivity index (χ0v) is 9.92. The first kappa shape index (κ1) is 12.8. The molecule has 0 saturated heterocycles. The molecule has 0 aliphatic heterocycles. The summed E-state index contributed by atoms with van der Waals surface area (Å²) in [7, 11) is 1.52. The lowest BCUT2D eigenvalue weighted by atomic mass is 10.00. The molecule has 0 radical (unpaired) electrons. The van der Waals surface area contributed by atoms with E-state index in [4.69, 9.17) is 4.74 Å². The number of carbonyl (C=O) groups is 1. The maximum absolute atomic E-state index is 13.0. The maximum Gasteiger partial charge on any atom is 0.165 e. The Morgan fingerprint density at radius 1 is 1.50 bits per heavy atom. The topological polar surface area (TPSA) is 26.3 Å². The van der Waals surface area contributed by atoms with Gasteiger partial charge in [0.15, 0.2) is 5.78 Å². The van der Waals surface area contributed by atoms with Crippen LogP contribution in [0.3, 0.4) is 0 Å². The van der Waals surface area contributed by atoms with E-state index in [1.54, 1.807) is 6.07 Å². The normalized spacial score (nSPS) is 12.5. The van der Waals surface area contributed by atoms with Crippen LogP contribution in [0.5, 0.6) is 0 Å². The SMILES string of the molecule is CCC(OC)C(=O)Cc1cc(F)ccc1C. The average molecular weight is 224 g/mol. The molecule has 1 aromatic rings. The van der Waals surface area contributed by atoms with Gasteiger partial charge in [-0.15, -0.1) is 0 Å². The number of rotatable bonds is 5. The van der Waals surface area contributed by atoms with Crippen LogP contribution in [0.25, 0.3) is 0 Å². The highest BCUT2D eigenvalue weighted by Crippen LogP contribution is 2.13. The largest absolute Gasteiger partial charge is 0.374 e. The van der Waals surface area contributed by atoms with E-state index in [2.05, 4.69) is 0 Å². The maximum atomic E-state index is 13.0. The van der Waals surface area contributed by atoms with Crippen LogP contribution in [0.15, 0.2) is 18.2 Å². The highest BCUT2D eigenvalue weighted by atomic mass is 19.1. The highest BCUT2D eigenvalue weighted by molar-refractivity contribution is 5.85. The van der Waals surface area contributed by atoms with Gasteiger partial charge in [0, 0.05) is 13.5 Å². The molecule has 1 rings (SSSR count). The summed E-state index contributed by atoms with van der Waals surface area (Å²) in [5.41, 5.74) is 1.67. The van der Waals surface area contributed by atoms with E-state index >= 15 is 0 Å². The van der Waals surface area contributed by atoms with E-state index in [-0.39, 0.29) is 24.1 Å². The first-order valence-corrected chi connectivity index (χ1v) is 5.39. The lowest BCUT2D eigenvalue weighted by Crippen LogP contribution is -2.24. The molecular weight excluding hydrogens is 207 g/mol. The Bertz CT molecular complexity index is 370. The highest BCUT2D eigenvalue weighted by Gasteiger charge is 2.16. The molecule has 0 N–H and O–H groups in total. The van der Waals surface area contributed by atoms with Gasteiger partial charge < -0.3 is 4.74 Å². The second-order valence-electron chi connectivity index (χ2n) is 3.85. The molecule has 3 heteroatoms. The number of Topliss-reactive ketones (excluding diaryl/α,β-unsaturated/α-hetero) is 1. The Hall–Kier alpha value is -1.22. The first-order chi connectivity index (χ1) is 7.58. The lowest BCUT2D eigenvalue weighted by Gasteiger charge is -2.12. The second-order valence-corrected chi connectivity index (χ2v) is 3.85. The standard InChI is InChI=1S/C13H17FO2/c1-4-13(16-3)12(15)8-10-7-11(14)6-5-9(10)2/h5-7,13H,4,8H2,1-3H3. The van der Waals surface area contributed by atoms with Gasteiger partial charge in [-0.3, -0.25) is 4.79 Å². The van der Waals surface area contributed by atoms with Crippen LogP contribution in [0, 0.1) is 12.7 Å². The average Bonchev–Trinajstić information content (AvgIpc) is 2.25. The molecule has 0 aliphatic carbocycles. The van der Waals surface area contributed by atoms with Crippen LogP contribution in [0.1, 0.15) is 24.5 Å². The van der Waals surface area contributed by atoms with Crippen LogP contribution in [-0.4, -0.2) is 19.0 Å². The summed E-state index contributed by atoms with van der Waals surface area (Å²) in [6.45, 7) is 3.76. The van der Waals surface area contributed by atoms with Gasteiger partial charge in [-0.1, -0.05) is 13.0 Å². The van der Waals surface area contributed by atoms with Gasteiger partial charge in [-0.25, -0.2) is 4.39 Å². The van der Waals surface area contributed by atoms with Crippen LogP contribution in [0.4, 0.5) is 4.39 Å². The number of methoxy groups -OCH3 is 1. The van der Waals surface area contributed by atoms with Gasteiger partial charge in [0.05, 0.1) is 0 Å². The molecule has 0 bridgehead atoms. The van der Waals surface area contributed by atoms with E-state index < -0.39 is 0 Å². The van der Waals surface area contributed by atoms with Crippen molar-refractivity contribution in [3.8, 4) is 0 Å². The first-order valence-electron chi connectivity index (χ1n) is 5.39. The van der Waals surface area contributed by atoms with Crippen molar-refractivity contribution in [2.75, 3.05) is 7.11 Å². The zero-order valence-electron chi connectivity index (χ0n) is 9.92. The van der Waals surface area contributed by atoms with Gasteiger partial charge in [0.25, 0.3) is 0 Å². The summed E-state index contributed by atoms with van der Waals surface area (Å²) >= 11 is 0. The Morgan fingerprint density at radius 2 is 2.19 bits per heavy atom. The smallest absolute Gasteiger partial charge is 0.165 e. The number of hydrogen-bond donors (Lipinski definition) is 0.